The molecule has 0 spiro atoms. The quantitative estimate of drug-likeness (QED) is 0.775. The molecule has 1 saturated carbocycles. The number of hydrogen-bond donors (Lipinski definition) is 0. The molecule has 0 N–H and O–H groups in total. The van der Waals surface area contributed by atoms with Crippen molar-refractivity contribution in [2.75, 3.05) is 13.1 Å². The number of aryl methyl sites for hydroxylation is 3. The first-order valence-corrected chi connectivity index (χ1v) is 9.41. The fourth-order valence-electron chi connectivity index (χ4n) is 4.78. The van der Waals surface area contributed by atoms with Crippen molar-refractivity contribution in [2.24, 2.45) is 11.8 Å². The molecule has 2 fully saturated rings. The molecular formula is C22H29NO2. The number of likely N-dealkylation sites (tertiary alicyclic amines) is 1. The maximum Gasteiger partial charge on any atom is 0.151 e. The molecule has 1 aromatic rings. The number of rotatable bonds is 4. The number of carbonyl (C=O) groups excluding carboxylic acids is 2. The summed E-state index contributed by atoms with van der Waals surface area (Å²) in [5.74, 6) is 0.216. The zero-order valence-electron chi connectivity index (χ0n) is 15.7. The fourth-order valence-corrected chi connectivity index (χ4v) is 4.78. The molecule has 0 amide bonds. The minimum absolute atomic E-state index is 0.0853. The van der Waals surface area contributed by atoms with Gasteiger partial charge in [-0.1, -0.05) is 24.3 Å². The molecule has 2 atom stereocenters. The number of nitrogens with zero attached hydrogens (tertiary/aromatic N) is 1. The first-order valence-electron chi connectivity index (χ1n) is 9.41. The van der Waals surface area contributed by atoms with Gasteiger partial charge in [0.2, 0.25) is 0 Å². The minimum Gasteiger partial charge on any atom is -0.378 e. The van der Waals surface area contributed by atoms with Crippen molar-refractivity contribution in [1.29, 1.82) is 0 Å². The average Bonchev–Trinajstić information content (AvgIpc) is 2.82. The predicted molar refractivity (Wildman–Crippen MR) is 101 cm³/mol. The van der Waals surface area contributed by atoms with Gasteiger partial charge < -0.3 is 4.90 Å². The van der Waals surface area contributed by atoms with Gasteiger partial charge in [-0.05, 0) is 68.8 Å². The maximum atomic E-state index is 13.1. The van der Waals surface area contributed by atoms with E-state index in [2.05, 4.69) is 30.5 Å². The van der Waals surface area contributed by atoms with E-state index in [1.54, 1.807) is 0 Å². The summed E-state index contributed by atoms with van der Waals surface area (Å²) in [7, 11) is 0. The van der Waals surface area contributed by atoms with Crippen LogP contribution in [0.4, 0.5) is 0 Å². The van der Waals surface area contributed by atoms with Gasteiger partial charge in [0.25, 0.3) is 0 Å². The van der Waals surface area contributed by atoms with Gasteiger partial charge in [-0.3, -0.25) is 9.59 Å². The molecule has 0 aromatic heterocycles. The Morgan fingerprint density at radius 2 is 1.72 bits per heavy atom. The van der Waals surface area contributed by atoms with Crippen LogP contribution >= 0.6 is 0 Å². The minimum atomic E-state index is -0.529. The molecule has 1 saturated heterocycles. The van der Waals surface area contributed by atoms with Crippen LogP contribution in [0.3, 0.4) is 0 Å². The second-order valence-corrected chi connectivity index (χ2v) is 7.91. The molecule has 3 nitrogen and oxygen atoms in total. The fraction of sp³-hybridized carbons (Fsp3) is 0.545. The Kier molecular flexibility index (Phi) is 5.12. The third kappa shape index (κ3) is 3.56. The Balaban J connectivity index is 1.74. The summed E-state index contributed by atoms with van der Waals surface area (Å²) in [6, 6.07) is 4.17. The summed E-state index contributed by atoms with van der Waals surface area (Å²) in [6.45, 7) is 12.0. The van der Waals surface area contributed by atoms with Crippen LogP contribution in [-0.2, 0) is 9.59 Å². The predicted octanol–water partition coefficient (Wildman–Crippen LogP) is 4.10. The van der Waals surface area contributed by atoms with Gasteiger partial charge in [0, 0.05) is 25.4 Å². The van der Waals surface area contributed by atoms with E-state index in [0.717, 1.165) is 49.0 Å². The molecule has 3 rings (SSSR count). The smallest absolute Gasteiger partial charge is 0.151 e. The zero-order valence-corrected chi connectivity index (χ0v) is 15.7. The van der Waals surface area contributed by atoms with Crippen LogP contribution in [0.5, 0.6) is 0 Å². The lowest BCUT2D eigenvalue weighted by Gasteiger charge is -2.31. The second-order valence-electron chi connectivity index (χ2n) is 7.91. The summed E-state index contributed by atoms with van der Waals surface area (Å²) in [5, 5.41) is 0. The van der Waals surface area contributed by atoms with Crippen molar-refractivity contribution < 1.29 is 9.59 Å². The van der Waals surface area contributed by atoms with E-state index >= 15 is 0 Å². The molecule has 1 heterocycles. The largest absolute Gasteiger partial charge is 0.378 e. The summed E-state index contributed by atoms with van der Waals surface area (Å²) >= 11 is 0. The lowest BCUT2D eigenvalue weighted by Crippen LogP contribution is -2.30. The average molecular weight is 339 g/mol. The highest BCUT2D eigenvalue weighted by Crippen LogP contribution is 2.39. The number of carbonyl (C=O) groups is 2. The summed E-state index contributed by atoms with van der Waals surface area (Å²) < 4.78 is 0. The highest BCUT2D eigenvalue weighted by Gasteiger charge is 2.43. The van der Waals surface area contributed by atoms with Crippen LogP contribution in [0.25, 0.3) is 0 Å². The van der Waals surface area contributed by atoms with E-state index < -0.39 is 5.92 Å². The molecule has 1 aliphatic carbocycles. The van der Waals surface area contributed by atoms with Crippen LogP contribution in [0.15, 0.2) is 24.9 Å². The number of benzene rings is 1. The van der Waals surface area contributed by atoms with E-state index in [1.165, 1.54) is 5.56 Å². The van der Waals surface area contributed by atoms with E-state index in [1.807, 2.05) is 20.0 Å². The highest BCUT2D eigenvalue weighted by atomic mass is 16.2. The van der Waals surface area contributed by atoms with E-state index in [0.29, 0.717) is 12.3 Å². The molecule has 2 unspecified atom stereocenters. The van der Waals surface area contributed by atoms with Crippen LogP contribution in [-0.4, -0.2) is 29.6 Å². The zero-order chi connectivity index (χ0) is 18.1. The molecule has 0 radical (unpaired) electrons. The normalized spacial score (nSPS) is 24.8. The van der Waals surface area contributed by atoms with Gasteiger partial charge in [-0.2, -0.15) is 0 Å². The van der Waals surface area contributed by atoms with Crippen molar-refractivity contribution in [2.45, 2.75) is 52.4 Å². The van der Waals surface area contributed by atoms with Crippen LogP contribution in [0.1, 0.15) is 53.9 Å². The molecule has 134 valence electrons. The molecule has 25 heavy (non-hydrogen) atoms. The lowest BCUT2D eigenvalue weighted by molar-refractivity contribution is -0.125. The SMILES string of the molecule is C=CN1CCC(CC2CC(=O)C(c3c(C)cc(C)cc3C)C2=O)CC1. The topological polar surface area (TPSA) is 37.4 Å². The first kappa shape index (κ1) is 17.9. The van der Waals surface area contributed by atoms with Crippen LogP contribution < -0.4 is 0 Å². The molecule has 0 bridgehead atoms. The maximum absolute atomic E-state index is 13.1. The standard InChI is InChI=1S/C22H29NO2/c1-5-23-8-6-17(7-9-23)12-18-13-19(24)21(22(18)25)20-15(3)10-14(2)11-16(20)4/h5,10-11,17-18,21H,1,6-9,12-13H2,2-4H3. The summed E-state index contributed by atoms with van der Waals surface area (Å²) in [5.41, 5.74) is 4.29. The van der Waals surface area contributed by atoms with E-state index in [-0.39, 0.29) is 17.5 Å². The Labute approximate surface area is 151 Å². The van der Waals surface area contributed by atoms with Crippen LogP contribution in [0.2, 0.25) is 0 Å². The number of hydrogen-bond acceptors (Lipinski definition) is 3. The van der Waals surface area contributed by atoms with E-state index in [4.69, 9.17) is 0 Å². The molecule has 1 aromatic carbocycles. The van der Waals surface area contributed by atoms with Crippen molar-refractivity contribution >= 4 is 11.6 Å². The van der Waals surface area contributed by atoms with Gasteiger partial charge in [0.15, 0.2) is 5.78 Å². The summed E-state index contributed by atoms with van der Waals surface area (Å²) in [4.78, 5) is 28.0. The van der Waals surface area contributed by atoms with Gasteiger partial charge in [-0.25, -0.2) is 0 Å². The monoisotopic (exact) mass is 339 g/mol. The van der Waals surface area contributed by atoms with Crippen molar-refractivity contribution in [3.05, 3.63) is 47.2 Å². The number of Topliss-reactive ketones (excluding diaryl/α,β-unsaturated/α-hetero) is 2. The van der Waals surface area contributed by atoms with Crippen molar-refractivity contribution in [3.8, 4) is 0 Å². The molecule has 1 aliphatic heterocycles. The number of piperidine rings is 1. The number of ketones is 2. The summed E-state index contributed by atoms with van der Waals surface area (Å²) in [6.07, 6.45) is 5.39. The van der Waals surface area contributed by atoms with E-state index in [9.17, 15) is 9.59 Å². The highest BCUT2D eigenvalue weighted by molar-refractivity contribution is 6.14. The Morgan fingerprint density at radius 1 is 1.12 bits per heavy atom. The molecule has 3 heteroatoms. The third-order valence-electron chi connectivity index (χ3n) is 6.01. The van der Waals surface area contributed by atoms with Crippen molar-refractivity contribution in [1.82, 2.24) is 4.90 Å². The Morgan fingerprint density at radius 3 is 2.28 bits per heavy atom. The third-order valence-corrected chi connectivity index (χ3v) is 6.01. The molecular weight excluding hydrogens is 310 g/mol. The van der Waals surface area contributed by atoms with Crippen LogP contribution in [0, 0.1) is 32.6 Å². The van der Waals surface area contributed by atoms with Gasteiger partial charge >= 0.3 is 0 Å². The van der Waals surface area contributed by atoms with Gasteiger partial charge in [-0.15, -0.1) is 0 Å². The lowest BCUT2D eigenvalue weighted by atomic mass is 9.83. The Bertz CT molecular complexity index is 675. The molecule has 2 aliphatic rings. The van der Waals surface area contributed by atoms with Crippen molar-refractivity contribution in [3.63, 3.8) is 0 Å². The second kappa shape index (κ2) is 7.15. The van der Waals surface area contributed by atoms with Gasteiger partial charge in [0.05, 0.1) is 0 Å². The first-order chi connectivity index (χ1) is 11.9. The van der Waals surface area contributed by atoms with Gasteiger partial charge in [0.1, 0.15) is 11.7 Å². The Hall–Kier alpha value is -1.90.